The number of aryl methyl sites for hydroxylation is 1. The molecule has 0 aromatic heterocycles. The zero-order chi connectivity index (χ0) is 34.3. The molecule has 5 aromatic rings. The molecule has 0 amide bonds. The number of hydrogen-bond acceptors (Lipinski definition) is 10. The number of ketones is 1. The Morgan fingerprint density at radius 2 is 1.30 bits per heavy atom. The predicted molar refractivity (Wildman–Crippen MR) is 173 cm³/mol. The van der Waals surface area contributed by atoms with Gasteiger partial charge in [-0.1, -0.05) is 29.3 Å². The maximum absolute atomic E-state index is 13.2. The molecular weight excluding hydrogens is 694 g/mol. The number of nitrogens with zero attached hydrogens (tertiary/aromatic N) is 2. The number of fused-ring (bicyclic) bond motifs is 1. The Hall–Kier alpha value is -4.71. The fourth-order valence-electron chi connectivity index (χ4n) is 4.46. The Kier molecular flexibility index (Phi) is 8.93. The van der Waals surface area contributed by atoms with Gasteiger partial charge in [0.1, 0.15) is 10.6 Å². The van der Waals surface area contributed by atoms with Gasteiger partial charge in [-0.05, 0) is 91.2 Å². The summed E-state index contributed by atoms with van der Waals surface area (Å²) in [6.45, 7) is 1.73. The second kappa shape index (κ2) is 12.5. The smallest absolute Gasteiger partial charge is 0.296 e. The number of hydrogen-bond donors (Lipinski definition) is 4. The third-order valence-electron chi connectivity index (χ3n) is 6.78. The standard InChI is InChI=1S/C30H22ClN3O10S3/c1-17-2-12-23(13-3-17)45(37,38)34-25-16-24(46(39,40)41)14-20-15-26(47(42,43)44)28(30(36)27(20)25)33-32-22-10-6-19(7-11-22)29(35)18-4-8-21(31)9-5-18/h2-16,34,36H,1H3,(H,39,40,41)(H,42,43,44). The van der Waals surface area contributed by atoms with Gasteiger partial charge in [-0.2, -0.15) is 21.9 Å². The molecule has 0 unspecified atom stereocenters. The molecular formula is C30H22ClN3O10S3. The van der Waals surface area contributed by atoms with Crippen LogP contribution in [0.4, 0.5) is 17.1 Å². The average molecular weight is 716 g/mol. The number of halogens is 1. The van der Waals surface area contributed by atoms with Crippen LogP contribution in [0, 0.1) is 6.92 Å². The van der Waals surface area contributed by atoms with E-state index in [1.54, 1.807) is 31.2 Å². The van der Waals surface area contributed by atoms with Gasteiger partial charge in [-0.15, -0.1) is 5.11 Å². The Bertz CT molecular complexity index is 2420. The van der Waals surface area contributed by atoms with Crippen molar-refractivity contribution < 1.29 is 44.3 Å². The molecule has 0 spiro atoms. The van der Waals surface area contributed by atoms with Crippen molar-refractivity contribution in [2.75, 3.05) is 4.72 Å². The van der Waals surface area contributed by atoms with Crippen LogP contribution in [0.25, 0.3) is 10.8 Å². The van der Waals surface area contributed by atoms with Crippen molar-refractivity contribution in [3.05, 3.63) is 113 Å². The molecule has 0 saturated carbocycles. The number of anilines is 1. The molecule has 0 aliphatic heterocycles. The molecule has 0 saturated heterocycles. The van der Waals surface area contributed by atoms with E-state index in [0.717, 1.165) is 17.7 Å². The van der Waals surface area contributed by atoms with Crippen LogP contribution in [0.5, 0.6) is 5.75 Å². The number of carbonyl (C=O) groups is 1. The maximum atomic E-state index is 13.2. The lowest BCUT2D eigenvalue weighted by Gasteiger charge is -2.16. The largest absolute Gasteiger partial charge is 0.505 e. The van der Waals surface area contributed by atoms with Gasteiger partial charge in [0, 0.05) is 16.1 Å². The molecule has 0 aliphatic rings. The highest BCUT2D eigenvalue weighted by atomic mass is 35.5. The average Bonchev–Trinajstić information content (AvgIpc) is 2.99. The van der Waals surface area contributed by atoms with Gasteiger partial charge in [0.05, 0.1) is 26.6 Å². The molecule has 5 aromatic carbocycles. The van der Waals surface area contributed by atoms with E-state index in [2.05, 4.69) is 15.0 Å². The summed E-state index contributed by atoms with van der Waals surface area (Å²) in [5, 5.41) is 18.6. The summed E-state index contributed by atoms with van der Waals surface area (Å²) in [4.78, 5) is 10.7. The van der Waals surface area contributed by atoms with Gasteiger partial charge in [0.15, 0.2) is 11.5 Å². The lowest BCUT2D eigenvalue weighted by molar-refractivity contribution is 0.103. The van der Waals surface area contributed by atoms with Crippen molar-refractivity contribution >= 4 is 75.5 Å². The van der Waals surface area contributed by atoms with Crippen LogP contribution < -0.4 is 4.72 Å². The molecule has 5 rings (SSSR count). The molecule has 0 bridgehead atoms. The van der Waals surface area contributed by atoms with Crippen LogP contribution in [0.2, 0.25) is 5.02 Å². The van der Waals surface area contributed by atoms with Crippen molar-refractivity contribution in [1.29, 1.82) is 0 Å². The predicted octanol–water partition coefficient (Wildman–Crippen LogP) is 6.45. The second-order valence-corrected chi connectivity index (χ2v) is 15.0. The highest BCUT2D eigenvalue weighted by molar-refractivity contribution is 7.92. The van der Waals surface area contributed by atoms with Gasteiger partial charge < -0.3 is 5.11 Å². The quantitative estimate of drug-likeness (QED) is 0.0743. The number of azo groups is 1. The van der Waals surface area contributed by atoms with Gasteiger partial charge in [-0.3, -0.25) is 18.6 Å². The third-order valence-corrected chi connectivity index (χ3v) is 10.1. The van der Waals surface area contributed by atoms with E-state index < -0.39 is 67.9 Å². The van der Waals surface area contributed by atoms with E-state index >= 15 is 0 Å². The summed E-state index contributed by atoms with van der Waals surface area (Å²) < 4.78 is 97.1. The number of nitrogens with one attached hydrogen (secondary N) is 1. The molecule has 4 N–H and O–H groups in total. The van der Waals surface area contributed by atoms with Crippen LogP contribution in [-0.4, -0.2) is 45.2 Å². The maximum Gasteiger partial charge on any atom is 0.296 e. The molecule has 0 heterocycles. The van der Waals surface area contributed by atoms with E-state index in [-0.39, 0.29) is 21.9 Å². The van der Waals surface area contributed by atoms with Gasteiger partial charge >= 0.3 is 0 Å². The van der Waals surface area contributed by atoms with Crippen molar-refractivity contribution in [3.8, 4) is 5.75 Å². The molecule has 0 radical (unpaired) electrons. The van der Waals surface area contributed by atoms with E-state index in [1.165, 1.54) is 48.5 Å². The number of aromatic hydroxyl groups is 1. The summed E-state index contributed by atoms with van der Waals surface area (Å²) in [5.74, 6) is -1.33. The van der Waals surface area contributed by atoms with Gasteiger partial charge in [0.25, 0.3) is 30.3 Å². The van der Waals surface area contributed by atoms with E-state index in [0.29, 0.717) is 16.7 Å². The number of phenolic OH excluding ortho intramolecular Hbond substituents is 1. The summed E-state index contributed by atoms with van der Waals surface area (Å²) in [7, 11) is -14.6. The minimum atomic E-state index is -5.17. The van der Waals surface area contributed by atoms with E-state index in [1.807, 2.05) is 0 Å². The van der Waals surface area contributed by atoms with Crippen LogP contribution in [-0.2, 0) is 30.3 Å². The first-order valence-electron chi connectivity index (χ1n) is 13.1. The highest BCUT2D eigenvalue weighted by Crippen LogP contribution is 2.45. The monoisotopic (exact) mass is 715 g/mol. The van der Waals surface area contributed by atoms with Crippen LogP contribution in [0.1, 0.15) is 21.5 Å². The molecule has 13 nitrogen and oxygen atoms in total. The summed E-state index contributed by atoms with van der Waals surface area (Å²) in [6.07, 6.45) is 0. The van der Waals surface area contributed by atoms with E-state index in [4.69, 9.17) is 11.6 Å². The second-order valence-electron chi connectivity index (χ2n) is 10.1. The SMILES string of the molecule is Cc1ccc(S(=O)(=O)Nc2cc(S(=O)(=O)O)cc3cc(S(=O)(=O)O)c(N=Nc4ccc(C(=O)c5ccc(Cl)cc5)cc4)c(O)c23)cc1. The molecule has 0 fully saturated rings. The number of rotatable bonds is 9. The van der Waals surface area contributed by atoms with Crippen molar-refractivity contribution in [2.45, 2.75) is 21.6 Å². The molecule has 0 aliphatic carbocycles. The summed E-state index contributed by atoms with van der Waals surface area (Å²) >= 11 is 5.87. The number of benzene rings is 5. The Balaban J connectivity index is 1.63. The van der Waals surface area contributed by atoms with Crippen molar-refractivity contribution in [2.24, 2.45) is 10.2 Å². The molecule has 17 heteroatoms. The minimum absolute atomic E-state index is 0.0838. The van der Waals surface area contributed by atoms with Crippen LogP contribution >= 0.6 is 11.6 Å². The fourth-order valence-corrected chi connectivity index (χ4v) is 6.85. The first-order valence-corrected chi connectivity index (χ1v) is 17.9. The normalized spacial score (nSPS) is 12.4. The number of phenols is 1. The molecule has 0 atom stereocenters. The fraction of sp³-hybridized carbons (Fsp3) is 0.0333. The Morgan fingerprint density at radius 1 is 0.723 bits per heavy atom. The van der Waals surface area contributed by atoms with E-state index in [9.17, 15) is 44.3 Å². The zero-order valence-electron chi connectivity index (χ0n) is 23.9. The Morgan fingerprint density at radius 3 is 1.85 bits per heavy atom. The summed E-state index contributed by atoms with van der Waals surface area (Å²) in [6, 6.07) is 19.6. The van der Waals surface area contributed by atoms with Crippen molar-refractivity contribution in [3.63, 3.8) is 0 Å². The number of carbonyl (C=O) groups excluding carboxylic acids is 1. The lowest BCUT2D eigenvalue weighted by Crippen LogP contribution is -2.14. The minimum Gasteiger partial charge on any atom is -0.505 e. The number of sulfonamides is 1. The highest BCUT2D eigenvalue weighted by Gasteiger charge is 2.27. The molecule has 47 heavy (non-hydrogen) atoms. The van der Waals surface area contributed by atoms with Crippen LogP contribution in [0.3, 0.4) is 0 Å². The zero-order valence-corrected chi connectivity index (χ0v) is 27.1. The van der Waals surface area contributed by atoms with Crippen molar-refractivity contribution in [1.82, 2.24) is 0 Å². The Labute approximate surface area is 273 Å². The third kappa shape index (κ3) is 7.32. The molecule has 242 valence electrons. The summed E-state index contributed by atoms with van der Waals surface area (Å²) in [5.41, 5.74) is 0.0805. The first-order chi connectivity index (χ1) is 21.9. The van der Waals surface area contributed by atoms with Gasteiger partial charge in [0.2, 0.25) is 0 Å². The topological polar surface area (TPSA) is 217 Å². The lowest BCUT2D eigenvalue weighted by atomic mass is 10.0. The first kappa shape index (κ1) is 33.6. The van der Waals surface area contributed by atoms with Gasteiger partial charge in [-0.25, -0.2) is 8.42 Å². The van der Waals surface area contributed by atoms with Crippen LogP contribution in [0.15, 0.2) is 116 Å².